The van der Waals surface area contributed by atoms with Gasteiger partial charge in [-0.1, -0.05) is 145 Å². The Kier molecular flexibility index (Phi) is 5.35. The first-order chi connectivity index (χ1) is 26.9. The molecule has 0 fully saturated rings. The molecule has 0 unspecified atom stereocenters. The highest BCUT2D eigenvalue weighted by atomic mass is 16.3. The highest BCUT2D eigenvalue weighted by Crippen LogP contribution is 2.41. The first-order valence-corrected chi connectivity index (χ1v) is 16.3. The number of rotatable bonds is 5. The number of fused-ring (bicyclic) bond motifs is 6. The molecule has 0 bridgehead atoms. The molecule has 5 heteroatoms. The van der Waals surface area contributed by atoms with E-state index in [9.17, 15) is 0 Å². The van der Waals surface area contributed by atoms with E-state index in [4.69, 9.17) is 26.2 Å². The van der Waals surface area contributed by atoms with Crippen LogP contribution in [0.15, 0.2) is 174 Å². The summed E-state index contributed by atoms with van der Waals surface area (Å²) in [6.45, 7) is 0. The molecule has 7 aromatic carbocycles. The van der Waals surface area contributed by atoms with Gasteiger partial charge in [-0.3, -0.25) is 0 Å². The zero-order valence-corrected chi connectivity index (χ0v) is 26.5. The topological polar surface area (TPSA) is 56.7 Å². The van der Waals surface area contributed by atoms with Crippen molar-refractivity contribution in [2.45, 2.75) is 0 Å². The predicted molar refractivity (Wildman–Crippen MR) is 203 cm³/mol. The number of hydrogen-bond donors (Lipinski definition) is 0. The fourth-order valence-electron chi connectivity index (χ4n) is 6.87. The summed E-state index contributed by atoms with van der Waals surface area (Å²) in [4.78, 5) is 14.8. The average Bonchev–Trinajstić information content (AvgIpc) is 3.78. The standard InChI is InChI=1S/C45H28N4O/c1-4-14-29(15-5-1)32-26-27-34-33-20-10-11-24-38(33)49(40(34)28-32)39-25-13-22-36-35-21-12-23-37(41(35)50-42(36)39)45-47-43(30-16-6-2-7-17-30)46-44(48-45)31-18-8-3-9-19-31/h1-28H/i1D,4D,5D,14D,15D. The Morgan fingerprint density at radius 1 is 0.440 bits per heavy atom. The van der Waals surface area contributed by atoms with E-state index in [0.717, 1.165) is 55.0 Å². The highest BCUT2D eigenvalue weighted by molar-refractivity contribution is 6.14. The molecule has 0 spiro atoms. The van der Waals surface area contributed by atoms with Crippen LogP contribution in [0.4, 0.5) is 0 Å². The lowest BCUT2D eigenvalue weighted by atomic mass is 10.0. The van der Waals surface area contributed by atoms with Crippen molar-refractivity contribution in [2.75, 3.05) is 0 Å². The molecule has 0 aliphatic heterocycles. The summed E-state index contributed by atoms with van der Waals surface area (Å²) in [5.41, 5.74) is 6.95. The van der Waals surface area contributed by atoms with Crippen LogP contribution in [0.3, 0.4) is 0 Å². The van der Waals surface area contributed by atoms with Gasteiger partial charge in [-0.15, -0.1) is 0 Å². The molecule has 3 heterocycles. The SMILES string of the molecule is [2H]c1c([2H])c([2H])c(-c2ccc3c4ccccc4n(-c4cccc5c4oc4c(-c6nc(-c7ccccc7)nc(-c7ccccc7)n6)cccc45)c3c2)c([2H])c1[2H]. The summed E-state index contributed by atoms with van der Waals surface area (Å²) in [5.74, 6) is 1.59. The number of para-hydroxylation sites is 3. The molecule has 3 aromatic heterocycles. The first kappa shape index (κ1) is 23.5. The third-order valence-corrected chi connectivity index (χ3v) is 9.15. The molecule has 0 radical (unpaired) electrons. The number of nitrogens with zero attached hydrogens (tertiary/aromatic N) is 4. The van der Waals surface area contributed by atoms with Crippen LogP contribution in [0, 0.1) is 0 Å². The van der Waals surface area contributed by atoms with Crippen LogP contribution in [-0.4, -0.2) is 19.5 Å². The molecule has 10 rings (SSSR count). The Morgan fingerprint density at radius 2 is 1.04 bits per heavy atom. The van der Waals surface area contributed by atoms with E-state index in [-0.39, 0.29) is 29.7 Å². The zero-order chi connectivity index (χ0) is 37.4. The van der Waals surface area contributed by atoms with Gasteiger partial charge in [-0.25, -0.2) is 15.0 Å². The molecular weight excluding hydrogens is 613 g/mol. The molecular formula is C45H28N4O. The maximum Gasteiger partial charge on any atom is 0.167 e. The van der Waals surface area contributed by atoms with Crippen molar-refractivity contribution in [3.05, 3.63) is 170 Å². The van der Waals surface area contributed by atoms with Crippen molar-refractivity contribution in [1.82, 2.24) is 19.5 Å². The molecule has 234 valence electrons. The number of hydrogen-bond acceptors (Lipinski definition) is 4. The lowest BCUT2D eigenvalue weighted by Crippen LogP contribution is -2.00. The molecule has 0 aliphatic rings. The molecule has 50 heavy (non-hydrogen) atoms. The van der Waals surface area contributed by atoms with Gasteiger partial charge in [-0.2, -0.15) is 0 Å². The average molecular weight is 646 g/mol. The second-order valence-corrected chi connectivity index (χ2v) is 12.1. The fraction of sp³-hybridized carbons (Fsp3) is 0. The van der Waals surface area contributed by atoms with Crippen molar-refractivity contribution in [1.29, 1.82) is 0 Å². The number of aromatic nitrogens is 4. The van der Waals surface area contributed by atoms with Crippen LogP contribution in [0.2, 0.25) is 0 Å². The maximum absolute atomic E-state index is 8.68. The Morgan fingerprint density at radius 3 is 1.78 bits per heavy atom. The first-order valence-electron chi connectivity index (χ1n) is 18.8. The van der Waals surface area contributed by atoms with Gasteiger partial charge >= 0.3 is 0 Å². The van der Waals surface area contributed by atoms with Crippen LogP contribution in [0.1, 0.15) is 6.85 Å². The summed E-state index contributed by atoms with van der Waals surface area (Å²) in [6, 6.07) is 43.9. The minimum Gasteiger partial charge on any atom is -0.453 e. The molecule has 0 N–H and O–H groups in total. The number of furan rings is 1. The van der Waals surface area contributed by atoms with E-state index in [1.165, 1.54) is 0 Å². The van der Waals surface area contributed by atoms with Gasteiger partial charge in [0.2, 0.25) is 0 Å². The van der Waals surface area contributed by atoms with Crippen molar-refractivity contribution in [3.8, 4) is 51.0 Å². The van der Waals surface area contributed by atoms with Gasteiger partial charge in [0.05, 0.1) is 29.1 Å². The van der Waals surface area contributed by atoms with E-state index in [1.54, 1.807) is 0 Å². The second-order valence-electron chi connectivity index (χ2n) is 12.1. The zero-order valence-electron chi connectivity index (χ0n) is 31.5. The number of benzene rings is 7. The van der Waals surface area contributed by atoms with Crippen molar-refractivity contribution >= 4 is 43.7 Å². The van der Waals surface area contributed by atoms with E-state index in [1.807, 2.05) is 133 Å². The van der Waals surface area contributed by atoms with Crippen molar-refractivity contribution < 1.29 is 11.3 Å². The Bertz CT molecular complexity index is 3070. The largest absolute Gasteiger partial charge is 0.453 e. The van der Waals surface area contributed by atoms with Crippen molar-refractivity contribution in [2.24, 2.45) is 0 Å². The molecule has 0 amide bonds. The monoisotopic (exact) mass is 645 g/mol. The molecule has 0 atom stereocenters. The Balaban J connectivity index is 1.22. The Labute approximate surface area is 294 Å². The molecule has 0 saturated heterocycles. The van der Waals surface area contributed by atoms with Crippen LogP contribution in [0.5, 0.6) is 0 Å². The summed E-state index contributed by atoms with van der Waals surface area (Å²) >= 11 is 0. The van der Waals surface area contributed by atoms with Gasteiger partial charge in [-0.05, 0) is 35.4 Å². The normalized spacial score (nSPS) is 13.0. The highest BCUT2D eigenvalue weighted by Gasteiger charge is 2.21. The summed E-state index contributed by atoms with van der Waals surface area (Å²) in [7, 11) is 0. The molecule has 5 nitrogen and oxygen atoms in total. The van der Waals surface area contributed by atoms with Crippen LogP contribution >= 0.6 is 0 Å². The van der Waals surface area contributed by atoms with Crippen LogP contribution < -0.4 is 0 Å². The third-order valence-electron chi connectivity index (χ3n) is 9.15. The van der Waals surface area contributed by atoms with Gasteiger partial charge < -0.3 is 8.98 Å². The van der Waals surface area contributed by atoms with Gasteiger partial charge in [0.25, 0.3) is 0 Å². The van der Waals surface area contributed by atoms with E-state index in [2.05, 4.69) is 10.6 Å². The third kappa shape index (κ3) is 4.52. The second kappa shape index (κ2) is 11.4. The summed E-state index contributed by atoms with van der Waals surface area (Å²) in [6.07, 6.45) is 0. The quantitative estimate of drug-likeness (QED) is 0.187. The summed E-state index contributed by atoms with van der Waals surface area (Å²) in [5, 5.41) is 3.76. The van der Waals surface area contributed by atoms with Gasteiger partial charge in [0.1, 0.15) is 5.58 Å². The molecule has 10 aromatic rings. The fourth-order valence-corrected chi connectivity index (χ4v) is 6.87. The van der Waals surface area contributed by atoms with E-state index in [0.29, 0.717) is 34.2 Å². The lowest BCUT2D eigenvalue weighted by molar-refractivity contribution is 0.667. The summed E-state index contributed by atoms with van der Waals surface area (Å²) < 4.78 is 51.2. The van der Waals surface area contributed by atoms with Gasteiger partial charge in [0, 0.05) is 32.7 Å². The minimum absolute atomic E-state index is 0.151. The van der Waals surface area contributed by atoms with Crippen LogP contribution in [-0.2, 0) is 0 Å². The smallest absolute Gasteiger partial charge is 0.167 e. The molecule has 0 aliphatic carbocycles. The lowest BCUT2D eigenvalue weighted by Gasteiger charge is -2.10. The molecule has 0 saturated carbocycles. The van der Waals surface area contributed by atoms with E-state index >= 15 is 0 Å². The van der Waals surface area contributed by atoms with Gasteiger partial charge in [0.15, 0.2) is 23.1 Å². The van der Waals surface area contributed by atoms with E-state index < -0.39 is 6.04 Å². The minimum atomic E-state index is -0.422. The van der Waals surface area contributed by atoms with Crippen LogP contribution in [0.25, 0.3) is 94.7 Å². The van der Waals surface area contributed by atoms with Crippen molar-refractivity contribution in [3.63, 3.8) is 0 Å². The predicted octanol–water partition coefficient (Wildman–Crippen LogP) is 11.5. The Hall–Kier alpha value is -6.85. The maximum atomic E-state index is 8.68.